The summed E-state index contributed by atoms with van der Waals surface area (Å²) in [5.74, 6) is 0. The van der Waals surface area contributed by atoms with Crippen LogP contribution in [-0.2, 0) is 10.2 Å². The van der Waals surface area contributed by atoms with Crippen molar-refractivity contribution >= 4 is 24.4 Å². The van der Waals surface area contributed by atoms with Crippen LogP contribution in [-0.4, -0.2) is 35.4 Å². The molecule has 0 saturated carbocycles. The van der Waals surface area contributed by atoms with Crippen LogP contribution in [0.25, 0.3) is 0 Å². The molecule has 2 rings (SSSR count). The highest BCUT2D eigenvalue weighted by molar-refractivity contribution is 6.58. The Balaban J connectivity index is 2.38. The quantitative estimate of drug-likeness (QED) is 0.767. The molecule has 0 radical (unpaired) electrons. The molecule has 0 atom stereocenters. The number of ether oxygens (including phenoxy) is 1. The number of rotatable bonds is 1. The lowest BCUT2D eigenvalue weighted by Crippen LogP contribution is -2.38. The Morgan fingerprint density at radius 2 is 1.95 bits per heavy atom. The lowest BCUT2D eigenvalue weighted by Gasteiger charge is -2.25. The number of anilines is 1. The van der Waals surface area contributed by atoms with Crippen molar-refractivity contribution in [3.8, 4) is 0 Å². The van der Waals surface area contributed by atoms with Gasteiger partial charge in [-0.2, -0.15) is 0 Å². The average molecular weight is 291 g/mol. The van der Waals surface area contributed by atoms with Crippen LogP contribution in [0.15, 0.2) is 18.2 Å². The van der Waals surface area contributed by atoms with E-state index in [1.807, 2.05) is 34.6 Å². The normalized spacial score (nSPS) is 16.6. The maximum Gasteiger partial charge on any atom is 0.488 e. The van der Waals surface area contributed by atoms with Crippen molar-refractivity contribution in [1.29, 1.82) is 0 Å². The molecule has 1 aliphatic rings. The highest BCUT2D eigenvalue weighted by Crippen LogP contribution is 2.40. The number of hydrogen-bond donors (Lipinski definition) is 2. The molecule has 1 aliphatic heterocycles. The van der Waals surface area contributed by atoms with E-state index in [0.717, 1.165) is 11.3 Å². The van der Waals surface area contributed by atoms with Gasteiger partial charge in [0.15, 0.2) is 0 Å². The summed E-state index contributed by atoms with van der Waals surface area (Å²) in [4.78, 5) is 13.9. The van der Waals surface area contributed by atoms with Crippen LogP contribution in [0, 0.1) is 0 Å². The zero-order valence-corrected chi connectivity index (χ0v) is 13.2. The Morgan fingerprint density at radius 1 is 1.33 bits per heavy atom. The van der Waals surface area contributed by atoms with Crippen molar-refractivity contribution in [3.05, 3.63) is 23.8 Å². The summed E-state index contributed by atoms with van der Waals surface area (Å²) in [6.07, 6.45) is -0.383. The summed E-state index contributed by atoms with van der Waals surface area (Å²) in [5, 5.41) is 18.6. The number of carbonyl (C=O) groups excluding carboxylic acids is 1. The van der Waals surface area contributed by atoms with E-state index in [-0.39, 0.29) is 11.5 Å². The first-order valence-electron chi connectivity index (χ1n) is 7.02. The summed E-state index contributed by atoms with van der Waals surface area (Å²) < 4.78 is 5.44. The number of benzene rings is 1. The molecule has 5 nitrogen and oxygen atoms in total. The molecular weight excluding hydrogens is 269 g/mol. The highest BCUT2D eigenvalue weighted by atomic mass is 16.6. The van der Waals surface area contributed by atoms with Gasteiger partial charge in [-0.15, -0.1) is 0 Å². The molecule has 0 fully saturated rings. The standard InChI is InChI=1S/C15H22BNO4/c1-14(2,3)21-13(18)17-9-15(4,5)11-8-10(16(19)20)6-7-12(11)17/h6-8,19-20H,9H2,1-5H3. The number of nitrogens with zero attached hydrogens (tertiary/aromatic N) is 1. The third-order valence-electron chi connectivity index (χ3n) is 3.51. The third-order valence-corrected chi connectivity index (χ3v) is 3.51. The first kappa shape index (κ1) is 15.9. The Morgan fingerprint density at radius 3 is 2.48 bits per heavy atom. The molecule has 1 amide bonds. The minimum Gasteiger partial charge on any atom is -0.443 e. The van der Waals surface area contributed by atoms with Crippen molar-refractivity contribution in [2.45, 2.75) is 45.6 Å². The van der Waals surface area contributed by atoms with Crippen LogP contribution in [0.1, 0.15) is 40.2 Å². The molecule has 0 aliphatic carbocycles. The molecule has 114 valence electrons. The molecule has 0 bridgehead atoms. The van der Waals surface area contributed by atoms with Gasteiger partial charge in [0.05, 0.1) is 5.69 Å². The zero-order valence-electron chi connectivity index (χ0n) is 13.2. The van der Waals surface area contributed by atoms with Gasteiger partial charge in [-0.25, -0.2) is 4.79 Å². The van der Waals surface area contributed by atoms with E-state index in [2.05, 4.69) is 0 Å². The number of carbonyl (C=O) groups is 1. The van der Waals surface area contributed by atoms with Crippen LogP contribution >= 0.6 is 0 Å². The second-order valence-corrected chi connectivity index (χ2v) is 7.10. The summed E-state index contributed by atoms with van der Waals surface area (Å²) in [7, 11) is -1.51. The van der Waals surface area contributed by atoms with Gasteiger partial charge in [-0.3, -0.25) is 4.90 Å². The largest absolute Gasteiger partial charge is 0.488 e. The zero-order chi connectivity index (χ0) is 16.0. The van der Waals surface area contributed by atoms with Crippen molar-refractivity contribution < 1.29 is 19.6 Å². The molecule has 0 saturated heterocycles. The fourth-order valence-electron chi connectivity index (χ4n) is 2.54. The minimum absolute atomic E-state index is 0.267. The Hall–Kier alpha value is -1.53. The minimum atomic E-state index is -1.51. The van der Waals surface area contributed by atoms with Crippen molar-refractivity contribution in [1.82, 2.24) is 0 Å². The molecular formula is C15H22BNO4. The summed E-state index contributed by atoms with van der Waals surface area (Å²) >= 11 is 0. The van der Waals surface area contributed by atoms with Gasteiger partial charge in [0.2, 0.25) is 0 Å². The predicted octanol–water partition coefficient (Wildman–Crippen LogP) is 1.40. The van der Waals surface area contributed by atoms with Crippen LogP contribution in [0.3, 0.4) is 0 Å². The fraction of sp³-hybridized carbons (Fsp3) is 0.533. The van der Waals surface area contributed by atoms with Crippen LogP contribution in [0.2, 0.25) is 0 Å². The Kier molecular flexibility index (Phi) is 3.80. The molecule has 0 aromatic heterocycles. The highest BCUT2D eigenvalue weighted by Gasteiger charge is 2.40. The van der Waals surface area contributed by atoms with Gasteiger partial charge < -0.3 is 14.8 Å². The van der Waals surface area contributed by atoms with E-state index >= 15 is 0 Å². The van der Waals surface area contributed by atoms with Crippen LogP contribution in [0.4, 0.5) is 10.5 Å². The topological polar surface area (TPSA) is 70.0 Å². The van der Waals surface area contributed by atoms with E-state index < -0.39 is 12.7 Å². The van der Waals surface area contributed by atoms with Gasteiger partial charge in [0.1, 0.15) is 5.60 Å². The molecule has 1 heterocycles. The first-order valence-corrected chi connectivity index (χ1v) is 7.02. The second-order valence-electron chi connectivity index (χ2n) is 7.10. The van der Waals surface area contributed by atoms with Gasteiger partial charge in [-0.05, 0) is 37.9 Å². The molecule has 0 spiro atoms. The first-order chi connectivity index (χ1) is 9.51. The van der Waals surface area contributed by atoms with Crippen molar-refractivity contribution in [2.75, 3.05) is 11.4 Å². The van der Waals surface area contributed by atoms with Crippen molar-refractivity contribution in [2.24, 2.45) is 0 Å². The van der Waals surface area contributed by atoms with E-state index in [1.54, 1.807) is 23.1 Å². The maximum atomic E-state index is 12.3. The molecule has 1 aromatic rings. The van der Waals surface area contributed by atoms with Crippen LogP contribution < -0.4 is 10.4 Å². The van der Waals surface area contributed by atoms with Gasteiger partial charge in [0, 0.05) is 12.0 Å². The molecule has 6 heteroatoms. The smallest absolute Gasteiger partial charge is 0.443 e. The SMILES string of the molecule is CC(C)(C)OC(=O)N1CC(C)(C)c2cc(B(O)O)ccc21. The molecule has 2 N–H and O–H groups in total. The average Bonchev–Trinajstić information content (AvgIpc) is 2.59. The van der Waals surface area contributed by atoms with E-state index in [4.69, 9.17) is 4.74 Å². The molecule has 0 unspecified atom stereocenters. The van der Waals surface area contributed by atoms with Gasteiger partial charge >= 0.3 is 13.2 Å². The molecule has 21 heavy (non-hydrogen) atoms. The Bertz CT molecular complexity index is 563. The van der Waals surface area contributed by atoms with Crippen molar-refractivity contribution in [3.63, 3.8) is 0 Å². The second kappa shape index (κ2) is 5.03. The monoisotopic (exact) mass is 291 g/mol. The summed E-state index contributed by atoms with van der Waals surface area (Å²) in [6, 6.07) is 5.09. The predicted molar refractivity (Wildman–Crippen MR) is 82.9 cm³/mol. The maximum absolute atomic E-state index is 12.3. The van der Waals surface area contributed by atoms with Crippen LogP contribution in [0.5, 0.6) is 0 Å². The van der Waals surface area contributed by atoms with Gasteiger partial charge in [0.25, 0.3) is 0 Å². The summed E-state index contributed by atoms with van der Waals surface area (Å²) in [6.45, 7) is 10.0. The fourth-order valence-corrected chi connectivity index (χ4v) is 2.54. The van der Waals surface area contributed by atoms with Gasteiger partial charge in [-0.1, -0.05) is 26.0 Å². The molecule has 1 aromatic carbocycles. The number of fused-ring (bicyclic) bond motifs is 1. The third kappa shape index (κ3) is 3.22. The lowest BCUT2D eigenvalue weighted by atomic mass is 9.76. The van der Waals surface area contributed by atoms with E-state index in [0.29, 0.717) is 12.0 Å². The van der Waals surface area contributed by atoms with E-state index in [1.165, 1.54) is 0 Å². The number of amides is 1. The summed E-state index contributed by atoms with van der Waals surface area (Å²) in [5.41, 5.74) is 1.29. The number of hydrogen-bond acceptors (Lipinski definition) is 4. The lowest BCUT2D eigenvalue weighted by molar-refractivity contribution is 0.0579. The van der Waals surface area contributed by atoms with E-state index in [9.17, 15) is 14.8 Å². The Labute approximate surface area is 125 Å².